The van der Waals surface area contributed by atoms with Gasteiger partial charge in [0.05, 0.1) is 0 Å². The topological polar surface area (TPSA) is 52.6 Å². The quantitative estimate of drug-likeness (QED) is 0.400. The lowest BCUT2D eigenvalue weighted by Crippen LogP contribution is -2.44. The van der Waals surface area contributed by atoms with E-state index in [0.29, 0.717) is 5.82 Å². The molecule has 2 aliphatic rings. The molecule has 1 saturated heterocycles. The number of halogens is 2. The molecule has 1 aliphatic carbocycles. The predicted octanol–water partition coefficient (Wildman–Crippen LogP) is 2.77. The second kappa shape index (κ2) is 9.39. The molecule has 1 aliphatic heterocycles. The summed E-state index contributed by atoms with van der Waals surface area (Å²) in [6.45, 7) is 5.36. The highest BCUT2D eigenvalue weighted by atomic mass is 127. The van der Waals surface area contributed by atoms with Crippen LogP contribution in [0.3, 0.4) is 0 Å². The molecule has 0 spiro atoms. The second-order valence-corrected chi connectivity index (χ2v) is 6.38. The Morgan fingerprint density at radius 2 is 2.25 bits per heavy atom. The van der Waals surface area contributed by atoms with Crippen LogP contribution in [-0.4, -0.2) is 43.2 Å². The van der Waals surface area contributed by atoms with E-state index in [2.05, 4.69) is 27.5 Å². The molecule has 1 atom stereocenters. The number of aromatic nitrogens is 1. The van der Waals surface area contributed by atoms with Crippen LogP contribution in [0.25, 0.3) is 0 Å². The van der Waals surface area contributed by atoms with Gasteiger partial charge in [-0.05, 0) is 37.8 Å². The Hall–Kier alpha value is -1.12. The van der Waals surface area contributed by atoms with Gasteiger partial charge in [-0.3, -0.25) is 4.99 Å². The number of aliphatic imine (C=N–C) groups is 1. The molecule has 0 bridgehead atoms. The van der Waals surface area contributed by atoms with Gasteiger partial charge in [0.1, 0.15) is 0 Å². The van der Waals surface area contributed by atoms with Crippen molar-refractivity contribution in [2.75, 3.05) is 31.1 Å². The Labute approximate surface area is 160 Å². The number of guanidine groups is 1. The minimum atomic E-state index is -0.252. The number of rotatable bonds is 6. The van der Waals surface area contributed by atoms with E-state index in [1.807, 2.05) is 4.90 Å². The zero-order valence-electron chi connectivity index (χ0n) is 14.2. The van der Waals surface area contributed by atoms with Gasteiger partial charge in [-0.2, -0.15) is 0 Å². The molecule has 5 nitrogen and oxygen atoms in total. The van der Waals surface area contributed by atoms with Crippen molar-refractivity contribution in [2.24, 2.45) is 10.9 Å². The van der Waals surface area contributed by atoms with Crippen molar-refractivity contribution in [1.29, 1.82) is 0 Å². The summed E-state index contributed by atoms with van der Waals surface area (Å²) in [5.41, 5.74) is 0. The maximum atomic E-state index is 13.8. The van der Waals surface area contributed by atoms with E-state index in [0.717, 1.165) is 44.5 Å². The summed E-state index contributed by atoms with van der Waals surface area (Å²) in [6.07, 6.45) is 6.53. The minimum Gasteiger partial charge on any atom is -0.357 e. The molecule has 3 rings (SSSR count). The average Bonchev–Trinajstić information content (AvgIpc) is 3.25. The van der Waals surface area contributed by atoms with Crippen molar-refractivity contribution in [3.8, 4) is 0 Å². The first-order valence-corrected chi connectivity index (χ1v) is 8.66. The molecule has 0 amide bonds. The normalized spacial score (nSPS) is 20.7. The standard InChI is InChI=1S/C17H26FN5.HI/c1-2-19-17(21-10-7-13-5-6-13)22-14-8-11-23(12-14)16-15(18)4-3-9-20-16;/h3-4,9,13-14H,2,5-8,10-12H2,1H3,(H2,19,21,22);1H. The van der Waals surface area contributed by atoms with Gasteiger partial charge in [-0.25, -0.2) is 9.37 Å². The molecular weight excluding hydrogens is 420 g/mol. The van der Waals surface area contributed by atoms with Crippen LogP contribution in [0.1, 0.15) is 32.6 Å². The van der Waals surface area contributed by atoms with Crippen LogP contribution >= 0.6 is 24.0 Å². The van der Waals surface area contributed by atoms with E-state index in [1.165, 1.54) is 25.3 Å². The van der Waals surface area contributed by atoms with Crippen molar-refractivity contribution in [3.05, 3.63) is 24.1 Å². The lowest BCUT2D eigenvalue weighted by atomic mass is 10.3. The highest BCUT2D eigenvalue weighted by Gasteiger charge is 2.26. The van der Waals surface area contributed by atoms with Crippen molar-refractivity contribution >= 4 is 35.8 Å². The number of nitrogens with one attached hydrogen (secondary N) is 2. The van der Waals surface area contributed by atoms with E-state index in [4.69, 9.17) is 0 Å². The third kappa shape index (κ3) is 5.46. The highest BCUT2D eigenvalue weighted by Crippen LogP contribution is 2.32. The summed E-state index contributed by atoms with van der Waals surface area (Å²) in [5.74, 6) is 1.97. The molecule has 2 fully saturated rings. The molecule has 7 heteroatoms. The summed E-state index contributed by atoms with van der Waals surface area (Å²) in [6, 6.07) is 3.36. The zero-order valence-corrected chi connectivity index (χ0v) is 16.5. The molecule has 0 aromatic carbocycles. The van der Waals surface area contributed by atoms with Gasteiger partial charge in [-0.1, -0.05) is 12.8 Å². The molecule has 1 saturated carbocycles. The van der Waals surface area contributed by atoms with Crippen molar-refractivity contribution in [1.82, 2.24) is 15.6 Å². The number of pyridine rings is 1. The molecule has 1 aromatic heterocycles. The van der Waals surface area contributed by atoms with E-state index < -0.39 is 0 Å². The van der Waals surface area contributed by atoms with Crippen LogP contribution in [0.5, 0.6) is 0 Å². The lowest BCUT2D eigenvalue weighted by Gasteiger charge is -2.19. The number of anilines is 1. The van der Waals surface area contributed by atoms with E-state index >= 15 is 0 Å². The van der Waals surface area contributed by atoms with Crippen molar-refractivity contribution < 1.29 is 4.39 Å². The summed E-state index contributed by atoms with van der Waals surface area (Å²) < 4.78 is 13.8. The number of nitrogens with zero attached hydrogens (tertiary/aromatic N) is 3. The Morgan fingerprint density at radius 3 is 2.96 bits per heavy atom. The van der Waals surface area contributed by atoms with E-state index in [9.17, 15) is 4.39 Å². The zero-order chi connectivity index (χ0) is 16.1. The molecule has 2 N–H and O–H groups in total. The number of hydrogen-bond donors (Lipinski definition) is 2. The van der Waals surface area contributed by atoms with Gasteiger partial charge in [0, 0.05) is 38.4 Å². The second-order valence-electron chi connectivity index (χ2n) is 6.38. The monoisotopic (exact) mass is 447 g/mol. The Bertz CT molecular complexity index is 550. The molecule has 0 radical (unpaired) electrons. The fourth-order valence-corrected chi connectivity index (χ4v) is 2.96. The van der Waals surface area contributed by atoms with Crippen molar-refractivity contribution in [2.45, 2.75) is 38.6 Å². The van der Waals surface area contributed by atoms with Crippen LogP contribution in [-0.2, 0) is 0 Å². The average molecular weight is 447 g/mol. The molecule has 1 unspecified atom stereocenters. The summed E-state index contributed by atoms with van der Waals surface area (Å²) in [4.78, 5) is 10.8. The van der Waals surface area contributed by atoms with Gasteiger partial charge in [0.15, 0.2) is 17.6 Å². The maximum absolute atomic E-state index is 13.8. The first-order chi connectivity index (χ1) is 11.3. The summed E-state index contributed by atoms with van der Waals surface area (Å²) in [5, 5.41) is 6.78. The third-order valence-corrected chi connectivity index (χ3v) is 4.42. The lowest BCUT2D eigenvalue weighted by molar-refractivity contribution is 0.612. The van der Waals surface area contributed by atoms with Crippen LogP contribution in [0.4, 0.5) is 10.2 Å². The molecule has 2 heterocycles. The maximum Gasteiger partial charge on any atom is 0.191 e. The van der Waals surface area contributed by atoms with Crippen LogP contribution < -0.4 is 15.5 Å². The summed E-state index contributed by atoms with van der Waals surface area (Å²) >= 11 is 0. The Balaban J connectivity index is 0.00000208. The van der Waals surface area contributed by atoms with Gasteiger partial charge < -0.3 is 15.5 Å². The number of hydrogen-bond acceptors (Lipinski definition) is 3. The summed E-state index contributed by atoms with van der Waals surface area (Å²) in [7, 11) is 0. The SMILES string of the molecule is CCNC(=NCCC1CC1)NC1CCN(c2ncccc2F)C1.I. The van der Waals surface area contributed by atoms with Gasteiger partial charge >= 0.3 is 0 Å². The smallest absolute Gasteiger partial charge is 0.191 e. The van der Waals surface area contributed by atoms with Crippen LogP contribution in [0.2, 0.25) is 0 Å². The van der Waals surface area contributed by atoms with Crippen LogP contribution in [0.15, 0.2) is 23.3 Å². The Morgan fingerprint density at radius 1 is 1.42 bits per heavy atom. The fourth-order valence-electron chi connectivity index (χ4n) is 2.96. The first-order valence-electron chi connectivity index (χ1n) is 8.66. The van der Waals surface area contributed by atoms with E-state index in [1.54, 1.807) is 12.3 Å². The largest absolute Gasteiger partial charge is 0.357 e. The van der Waals surface area contributed by atoms with E-state index in [-0.39, 0.29) is 35.8 Å². The fraction of sp³-hybridized carbons (Fsp3) is 0.647. The highest BCUT2D eigenvalue weighted by molar-refractivity contribution is 14.0. The first kappa shape index (κ1) is 19.2. The van der Waals surface area contributed by atoms with Gasteiger partial charge in [0.25, 0.3) is 0 Å². The molecule has 1 aromatic rings. The predicted molar refractivity (Wildman–Crippen MR) is 107 cm³/mol. The Kier molecular flexibility index (Phi) is 7.51. The minimum absolute atomic E-state index is 0. The molecule has 24 heavy (non-hydrogen) atoms. The third-order valence-electron chi connectivity index (χ3n) is 4.42. The van der Waals surface area contributed by atoms with Gasteiger partial charge in [-0.15, -0.1) is 24.0 Å². The molecular formula is C17H27FIN5. The molecule has 134 valence electrons. The van der Waals surface area contributed by atoms with Crippen LogP contribution in [0, 0.1) is 11.7 Å². The van der Waals surface area contributed by atoms with Gasteiger partial charge in [0.2, 0.25) is 0 Å². The van der Waals surface area contributed by atoms with Crippen molar-refractivity contribution in [3.63, 3.8) is 0 Å².